The van der Waals surface area contributed by atoms with Crippen LogP contribution in [0, 0.1) is 0 Å². The first kappa shape index (κ1) is 23.7. The lowest BCUT2D eigenvalue weighted by atomic mass is 10.0. The van der Waals surface area contributed by atoms with Crippen LogP contribution in [-0.2, 0) is 20.6 Å². The standard InChI is InChI=1S/C23H38O4/c1-4-6-7-8-9-10-11-12-21-13-15-22(16-14-21)26-19-23(27-20-24-3)18-25-17-5-2/h5,13-16,23H,2,4,6-12,17-20H2,1,3H3. The van der Waals surface area contributed by atoms with Crippen LogP contribution in [-0.4, -0.2) is 39.8 Å². The van der Waals surface area contributed by atoms with Gasteiger partial charge in [0.2, 0.25) is 0 Å². The first-order chi connectivity index (χ1) is 13.3. The average molecular weight is 379 g/mol. The summed E-state index contributed by atoms with van der Waals surface area (Å²) in [5.74, 6) is 0.855. The molecule has 0 aliphatic rings. The Hall–Kier alpha value is -1.36. The lowest BCUT2D eigenvalue weighted by Crippen LogP contribution is -2.28. The van der Waals surface area contributed by atoms with Crippen LogP contribution in [0.15, 0.2) is 36.9 Å². The number of ether oxygens (including phenoxy) is 4. The molecule has 0 bridgehead atoms. The van der Waals surface area contributed by atoms with Crippen LogP contribution in [0.25, 0.3) is 0 Å². The molecule has 0 N–H and O–H groups in total. The van der Waals surface area contributed by atoms with E-state index in [9.17, 15) is 0 Å². The van der Waals surface area contributed by atoms with E-state index >= 15 is 0 Å². The maximum absolute atomic E-state index is 5.85. The molecule has 0 radical (unpaired) electrons. The number of aryl methyl sites for hydroxylation is 1. The number of hydrogen-bond donors (Lipinski definition) is 0. The quantitative estimate of drug-likeness (QED) is 0.191. The van der Waals surface area contributed by atoms with Gasteiger partial charge in [0.1, 0.15) is 25.3 Å². The van der Waals surface area contributed by atoms with E-state index in [1.54, 1.807) is 13.2 Å². The van der Waals surface area contributed by atoms with Crippen molar-refractivity contribution in [3.63, 3.8) is 0 Å². The van der Waals surface area contributed by atoms with Gasteiger partial charge in [-0.1, -0.05) is 63.7 Å². The molecule has 0 aliphatic carbocycles. The Labute approximate surface area is 165 Å². The van der Waals surface area contributed by atoms with Gasteiger partial charge in [-0.3, -0.25) is 0 Å². The second kappa shape index (κ2) is 16.8. The molecular weight excluding hydrogens is 340 g/mol. The second-order valence-corrected chi connectivity index (χ2v) is 6.85. The highest BCUT2D eigenvalue weighted by Crippen LogP contribution is 2.16. The molecule has 1 rings (SSSR count). The second-order valence-electron chi connectivity index (χ2n) is 6.85. The molecule has 154 valence electrons. The van der Waals surface area contributed by atoms with Crippen molar-refractivity contribution in [3.05, 3.63) is 42.5 Å². The van der Waals surface area contributed by atoms with Crippen molar-refractivity contribution in [1.29, 1.82) is 0 Å². The molecule has 1 aromatic rings. The van der Waals surface area contributed by atoms with E-state index in [1.165, 1.54) is 50.5 Å². The van der Waals surface area contributed by atoms with E-state index in [4.69, 9.17) is 18.9 Å². The lowest BCUT2D eigenvalue weighted by Gasteiger charge is -2.18. The molecule has 1 aromatic carbocycles. The number of benzene rings is 1. The van der Waals surface area contributed by atoms with Crippen LogP contribution in [0.3, 0.4) is 0 Å². The van der Waals surface area contributed by atoms with Crippen LogP contribution in [0.4, 0.5) is 0 Å². The Morgan fingerprint density at radius 1 is 0.963 bits per heavy atom. The summed E-state index contributed by atoms with van der Waals surface area (Å²) in [6, 6.07) is 8.39. The minimum atomic E-state index is -0.169. The zero-order valence-electron chi connectivity index (χ0n) is 17.3. The fourth-order valence-corrected chi connectivity index (χ4v) is 2.82. The molecule has 27 heavy (non-hydrogen) atoms. The summed E-state index contributed by atoms with van der Waals surface area (Å²) < 4.78 is 21.8. The largest absolute Gasteiger partial charge is 0.491 e. The van der Waals surface area contributed by atoms with Gasteiger partial charge in [-0.25, -0.2) is 0 Å². The molecule has 0 aromatic heterocycles. The van der Waals surface area contributed by atoms with Crippen LogP contribution in [0.2, 0.25) is 0 Å². The molecule has 0 amide bonds. The summed E-state index contributed by atoms with van der Waals surface area (Å²) in [5, 5.41) is 0. The molecule has 0 saturated carbocycles. The first-order valence-electron chi connectivity index (χ1n) is 10.3. The summed E-state index contributed by atoms with van der Waals surface area (Å²) >= 11 is 0. The number of rotatable bonds is 18. The van der Waals surface area contributed by atoms with E-state index in [0.717, 1.165) is 12.2 Å². The van der Waals surface area contributed by atoms with Crippen LogP contribution in [0.1, 0.15) is 57.4 Å². The van der Waals surface area contributed by atoms with Gasteiger partial charge < -0.3 is 18.9 Å². The molecule has 0 saturated heterocycles. The molecule has 0 fully saturated rings. The third-order valence-corrected chi connectivity index (χ3v) is 4.39. The van der Waals surface area contributed by atoms with E-state index in [2.05, 4.69) is 25.6 Å². The minimum Gasteiger partial charge on any atom is -0.491 e. The SMILES string of the molecule is C=CCOCC(COc1ccc(CCCCCCCCC)cc1)OCOC. The zero-order valence-corrected chi connectivity index (χ0v) is 17.3. The van der Waals surface area contributed by atoms with Crippen LogP contribution < -0.4 is 4.74 Å². The summed E-state index contributed by atoms with van der Waals surface area (Å²) in [5.41, 5.74) is 1.37. The average Bonchev–Trinajstić information content (AvgIpc) is 2.70. The van der Waals surface area contributed by atoms with Gasteiger partial charge >= 0.3 is 0 Å². The van der Waals surface area contributed by atoms with Crippen LogP contribution >= 0.6 is 0 Å². The Morgan fingerprint density at radius 3 is 2.33 bits per heavy atom. The molecule has 0 aliphatic heterocycles. The van der Waals surface area contributed by atoms with Gasteiger partial charge in [-0.15, -0.1) is 6.58 Å². The van der Waals surface area contributed by atoms with E-state index in [-0.39, 0.29) is 12.9 Å². The lowest BCUT2D eigenvalue weighted by molar-refractivity contribution is -0.106. The molecule has 1 unspecified atom stereocenters. The zero-order chi connectivity index (χ0) is 19.6. The Bertz CT molecular complexity index is 458. The molecule has 0 heterocycles. The first-order valence-corrected chi connectivity index (χ1v) is 10.3. The topological polar surface area (TPSA) is 36.9 Å². The van der Waals surface area contributed by atoms with Crippen LogP contribution in [0.5, 0.6) is 5.75 Å². The predicted molar refractivity (Wildman–Crippen MR) is 111 cm³/mol. The van der Waals surface area contributed by atoms with Gasteiger partial charge in [0.15, 0.2) is 0 Å². The van der Waals surface area contributed by atoms with Gasteiger partial charge in [0.05, 0.1) is 13.2 Å². The summed E-state index contributed by atoms with van der Waals surface area (Å²) in [7, 11) is 1.60. The maximum atomic E-state index is 5.85. The van der Waals surface area contributed by atoms with Gasteiger partial charge in [-0.2, -0.15) is 0 Å². The van der Waals surface area contributed by atoms with Crippen molar-refractivity contribution >= 4 is 0 Å². The summed E-state index contributed by atoms with van der Waals surface area (Å²) in [6.45, 7) is 7.51. The summed E-state index contributed by atoms with van der Waals surface area (Å²) in [4.78, 5) is 0. The van der Waals surface area contributed by atoms with E-state index < -0.39 is 0 Å². The Kier molecular flexibility index (Phi) is 14.7. The minimum absolute atomic E-state index is 0.169. The highest BCUT2D eigenvalue weighted by atomic mass is 16.7. The van der Waals surface area contributed by atoms with Gasteiger partial charge in [0, 0.05) is 7.11 Å². The van der Waals surface area contributed by atoms with E-state index in [1.807, 2.05) is 12.1 Å². The van der Waals surface area contributed by atoms with Crippen molar-refractivity contribution in [2.75, 3.05) is 33.7 Å². The van der Waals surface area contributed by atoms with Crippen molar-refractivity contribution in [3.8, 4) is 5.75 Å². The smallest absolute Gasteiger partial charge is 0.147 e. The highest BCUT2D eigenvalue weighted by molar-refractivity contribution is 5.27. The molecule has 4 nitrogen and oxygen atoms in total. The van der Waals surface area contributed by atoms with Gasteiger partial charge in [-0.05, 0) is 30.5 Å². The number of methoxy groups -OCH3 is 1. The third kappa shape index (κ3) is 12.6. The highest BCUT2D eigenvalue weighted by Gasteiger charge is 2.10. The van der Waals surface area contributed by atoms with Crippen molar-refractivity contribution in [2.24, 2.45) is 0 Å². The molecule has 0 spiro atoms. The number of hydrogen-bond acceptors (Lipinski definition) is 4. The monoisotopic (exact) mass is 378 g/mol. The molecular formula is C23H38O4. The van der Waals surface area contributed by atoms with Crippen molar-refractivity contribution < 1.29 is 18.9 Å². The fourth-order valence-electron chi connectivity index (χ4n) is 2.82. The molecule has 4 heteroatoms. The van der Waals surface area contributed by atoms with Crippen molar-refractivity contribution in [2.45, 2.75) is 64.4 Å². The normalized spacial score (nSPS) is 12.1. The Balaban J connectivity index is 2.25. The fraction of sp³-hybridized carbons (Fsp3) is 0.652. The molecule has 1 atom stereocenters. The van der Waals surface area contributed by atoms with Gasteiger partial charge in [0.25, 0.3) is 0 Å². The predicted octanol–water partition coefficient (Wildman–Crippen LogP) is 5.55. The van der Waals surface area contributed by atoms with E-state index in [0.29, 0.717) is 19.8 Å². The summed E-state index contributed by atoms with van der Waals surface area (Å²) in [6.07, 6.45) is 12.1. The number of unbranched alkanes of at least 4 members (excludes halogenated alkanes) is 6. The Morgan fingerprint density at radius 2 is 1.67 bits per heavy atom. The third-order valence-electron chi connectivity index (χ3n) is 4.39. The van der Waals surface area contributed by atoms with Crippen molar-refractivity contribution in [1.82, 2.24) is 0 Å². The maximum Gasteiger partial charge on any atom is 0.147 e.